The number of anilines is 1. The lowest BCUT2D eigenvalue weighted by atomic mass is 10.2. The van der Waals surface area contributed by atoms with Gasteiger partial charge in [-0.25, -0.2) is 0 Å². The molecule has 92 valence electrons. The molecule has 1 amide bonds. The molecule has 1 aromatic heterocycles. The third-order valence-electron chi connectivity index (χ3n) is 2.25. The quantitative estimate of drug-likeness (QED) is 0.835. The van der Waals surface area contributed by atoms with E-state index < -0.39 is 0 Å². The van der Waals surface area contributed by atoms with Crippen LogP contribution in [0.3, 0.4) is 0 Å². The molecule has 18 heavy (non-hydrogen) atoms. The van der Waals surface area contributed by atoms with Crippen molar-refractivity contribution in [2.45, 2.75) is 6.92 Å². The molecule has 0 radical (unpaired) electrons. The molecule has 0 saturated carbocycles. The maximum Gasteiger partial charge on any atom is 0.249 e. The van der Waals surface area contributed by atoms with Crippen LogP contribution in [0.15, 0.2) is 36.4 Å². The van der Waals surface area contributed by atoms with E-state index in [1.807, 2.05) is 19.1 Å². The number of hydrogen-bond acceptors (Lipinski definition) is 2. The Morgan fingerprint density at radius 1 is 1.39 bits per heavy atom. The Labute approximate surface area is 110 Å². The van der Waals surface area contributed by atoms with Gasteiger partial charge in [0, 0.05) is 22.9 Å². The maximum absolute atomic E-state index is 11.6. The lowest BCUT2D eigenvalue weighted by Gasteiger charge is -1.96. The first-order valence-electron chi connectivity index (χ1n) is 5.40. The van der Waals surface area contributed by atoms with Gasteiger partial charge in [0.2, 0.25) is 5.91 Å². The van der Waals surface area contributed by atoms with Gasteiger partial charge in [0.25, 0.3) is 0 Å². The Hall–Kier alpha value is -2.07. The van der Waals surface area contributed by atoms with Crippen LogP contribution in [0.5, 0.6) is 0 Å². The fourth-order valence-corrected chi connectivity index (χ4v) is 1.52. The zero-order valence-electron chi connectivity index (χ0n) is 9.77. The number of carbonyl (C=O) groups is 1. The van der Waals surface area contributed by atoms with Crippen LogP contribution in [-0.2, 0) is 4.79 Å². The van der Waals surface area contributed by atoms with E-state index in [0.717, 1.165) is 11.3 Å². The first-order valence-corrected chi connectivity index (χ1v) is 5.78. The first-order chi connectivity index (χ1) is 8.63. The number of rotatable bonds is 3. The molecule has 0 aliphatic rings. The molecule has 1 aromatic carbocycles. The minimum atomic E-state index is -0.226. The molecule has 0 aliphatic heterocycles. The summed E-state index contributed by atoms with van der Waals surface area (Å²) in [5.74, 6) is 0.287. The van der Waals surface area contributed by atoms with Crippen molar-refractivity contribution in [2.24, 2.45) is 0 Å². The van der Waals surface area contributed by atoms with Crippen LogP contribution in [0.2, 0.25) is 5.02 Å². The van der Waals surface area contributed by atoms with Gasteiger partial charge in [0.05, 0.1) is 0 Å². The minimum absolute atomic E-state index is 0.226. The third-order valence-corrected chi connectivity index (χ3v) is 2.51. The molecule has 2 rings (SSSR count). The fraction of sp³-hybridized carbons (Fsp3) is 0.0769. The summed E-state index contributed by atoms with van der Waals surface area (Å²) < 4.78 is 0. The topological polar surface area (TPSA) is 57.8 Å². The molecule has 0 atom stereocenters. The second-order valence-electron chi connectivity index (χ2n) is 3.81. The minimum Gasteiger partial charge on any atom is -0.306 e. The molecule has 0 bridgehead atoms. The zero-order chi connectivity index (χ0) is 13.0. The van der Waals surface area contributed by atoms with E-state index in [0.29, 0.717) is 10.8 Å². The lowest BCUT2D eigenvalue weighted by molar-refractivity contribution is -0.111. The predicted octanol–water partition coefficient (Wildman–Crippen LogP) is 3.02. The van der Waals surface area contributed by atoms with E-state index in [1.165, 1.54) is 6.08 Å². The average molecular weight is 262 g/mol. The highest BCUT2D eigenvalue weighted by Crippen LogP contribution is 2.10. The van der Waals surface area contributed by atoms with Crippen LogP contribution in [-0.4, -0.2) is 16.1 Å². The molecule has 1 heterocycles. The number of aromatic nitrogens is 2. The molecular weight excluding hydrogens is 250 g/mol. The molecule has 0 fully saturated rings. The number of amides is 1. The molecule has 0 spiro atoms. The molecular formula is C13H12ClN3O. The predicted molar refractivity (Wildman–Crippen MR) is 72.4 cm³/mol. The van der Waals surface area contributed by atoms with Gasteiger partial charge in [-0.05, 0) is 30.7 Å². The van der Waals surface area contributed by atoms with Gasteiger partial charge in [0.15, 0.2) is 5.82 Å². The highest BCUT2D eigenvalue weighted by Gasteiger charge is 2.00. The number of carbonyl (C=O) groups excluding carboxylic acids is 1. The number of hydrogen-bond donors (Lipinski definition) is 2. The monoisotopic (exact) mass is 261 g/mol. The van der Waals surface area contributed by atoms with Crippen LogP contribution in [0.4, 0.5) is 5.82 Å². The Morgan fingerprint density at radius 2 is 2.11 bits per heavy atom. The Kier molecular flexibility index (Phi) is 3.79. The molecule has 5 heteroatoms. The Balaban J connectivity index is 1.96. The smallest absolute Gasteiger partial charge is 0.249 e. The SMILES string of the molecule is Cc1cc(NC(=O)/C=C/c2ccc(Cl)cc2)n[nH]1. The third kappa shape index (κ3) is 3.46. The van der Waals surface area contributed by atoms with Crippen molar-refractivity contribution in [3.05, 3.63) is 52.7 Å². The lowest BCUT2D eigenvalue weighted by Crippen LogP contribution is -2.07. The van der Waals surface area contributed by atoms with Crippen LogP contribution in [0.1, 0.15) is 11.3 Å². The summed E-state index contributed by atoms with van der Waals surface area (Å²) in [6, 6.07) is 8.98. The molecule has 2 N–H and O–H groups in total. The summed E-state index contributed by atoms with van der Waals surface area (Å²) in [7, 11) is 0. The summed E-state index contributed by atoms with van der Waals surface area (Å²) in [5.41, 5.74) is 1.81. The second kappa shape index (κ2) is 5.51. The summed E-state index contributed by atoms with van der Waals surface area (Å²) >= 11 is 5.77. The molecule has 0 unspecified atom stereocenters. The van der Waals surface area contributed by atoms with Gasteiger partial charge < -0.3 is 5.32 Å². The van der Waals surface area contributed by atoms with E-state index in [-0.39, 0.29) is 5.91 Å². The number of H-pyrrole nitrogens is 1. The van der Waals surface area contributed by atoms with Crippen molar-refractivity contribution in [1.82, 2.24) is 10.2 Å². The average Bonchev–Trinajstić information content (AvgIpc) is 2.74. The van der Waals surface area contributed by atoms with E-state index in [1.54, 1.807) is 24.3 Å². The van der Waals surface area contributed by atoms with E-state index in [4.69, 9.17) is 11.6 Å². The maximum atomic E-state index is 11.6. The van der Waals surface area contributed by atoms with Crippen LogP contribution in [0.25, 0.3) is 6.08 Å². The van der Waals surface area contributed by atoms with Crippen LogP contribution in [0, 0.1) is 6.92 Å². The normalized spacial score (nSPS) is 10.8. The van der Waals surface area contributed by atoms with Crippen molar-refractivity contribution in [3.63, 3.8) is 0 Å². The van der Waals surface area contributed by atoms with Crippen LogP contribution < -0.4 is 5.32 Å². The number of halogens is 1. The Bertz CT molecular complexity index is 572. The summed E-state index contributed by atoms with van der Waals surface area (Å²) in [5, 5.41) is 9.98. The van der Waals surface area contributed by atoms with Gasteiger partial charge in [-0.1, -0.05) is 23.7 Å². The molecule has 0 saturated heterocycles. The number of aryl methyl sites for hydroxylation is 1. The first kappa shape index (κ1) is 12.4. The van der Waals surface area contributed by atoms with Gasteiger partial charge in [-0.15, -0.1) is 0 Å². The summed E-state index contributed by atoms with van der Waals surface area (Å²) in [6.45, 7) is 1.87. The largest absolute Gasteiger partial charge is 0.306 e. The van der Waals surface area contributed by atoms with E-state index >= 15 is 0 Å². The Morgan fingerprint density at radius 3 is 2.72 bits per heavy atom. The van der Waals surface area contributed by atoms with Crippen molar-refractivity contribution >= 4 is 29.4 Å². The highest BCUT2D eigenvalue weighted by molar-refractivity contribution is 6.30. The number of benzene rings is 1. The van der Waals surface area contributed by atoms with Gasteiger partial charge in [0.1, 0.15) is 0 Å². The standard InChI is InChI=1S/C13H12ClN3O/c1-9-8-12(17-16-9)15-13(18)7-4-10-2-5-11(14)6-3-10/h2-8H,1H3,(H2,15,16,17,18)/b7-4+. The van der Waals surface area contributed by atoms with Crippen LogP contribution >= 0.6 is 11.6 Å². The van der Waals surface area contributed by atoms with Gasteiger partial charge in [-0.3, -0.25) is 9.89 Å². The zero-order valence-corrected chi connectivity index (χ0v) is 10.5. The van der Waals surface area contributed by atoms with E-state index in [2.05, 4.69) is 15.5 Å². The van der Waals surface area contributed by atoms with E-state index in [9.17, 15) is 4.79 Å². The van der Waals surface area contributed by atoms with Crippen molar-refractivity contribution < 1.29 is 4.79 Å². The number of nitrogens with one attached hydrogen (secondary N) is 2. The summed E-state index contributed by atoms with van der Waals surface area (Å²) in [6.07, 6.45) is 3.17. The highest BCUT2D eigenvalue weighted by atomic mass is 35.5. The number of nitrogens with zero attached hydrogens (tertiary/aromatic N) is 1. The molecule has 0 aliphatic carbocycles. The number of aromatic amines is 1. The summed E-state index contributed by atoms with van der Waals surface area (Å²) in [4.78, 5) is 11.6. The van der Waals surface area contributed by atoms with Crippen molar-refractivity contribution in [3.8, 4) is 0 Å². The van der Waals surface area contributed by atoms with Gasteiger partial charge in [-0.2, -0.15) is 5.10 Å². The van der Waals surface area contributed by atoms with Crippen molar-refractivity contribution in [2.75, 3.05) is 5.32 Å². The molecule has 4 nitrogen and oxygen atoms in total. The van der Waals surface area contributed by atoms with Gasteiger partial charge >= 0.3 is 0 Å². The second-order valence-corrected chi connectivity index (χ2v) is 4.25. The molecule has 2 aromatic rings. The van der Waals surface area contributed by atoms with Crippen molar-refractivity contribution in [1.29, 1.82) is 0 Å². The fourth-order valence-electron chi connectivity index (χ4n) is 1.40.